The molecule has 1 amide bonds. The number of aromatic nitrogens is 4. The van der Waals surface area contributed by atoms with E-state index < -0.39 is 0 Å². The summed E-state index contributed by atoms with van der Waals surface area (Å²) in [5, 5.41) is 6.42. The van der Waals surface area contributed by atoms with Crippen LogP contribution >= 0.6 is 0 Å². The summed E-state index contributed by atoms with van der Waals surface area (Å²) in [5.74, 6) is 2.10. The highest BCUT2D eigenvalue weighted by Gasteiger charge is 2.21. The van der Waals surface area contributed by atoms with Crippen LogP contribution in [0, 0.1) is 0 Å². The third-order valence-corrected chi connectivity index (χ3v) is 5.80. The molecule has 0 radical (unpaired) electrons. The minimum absolute atomic E-state index is 0.0971. The molecule has 7 nitrogen and oxygen atoms in total. The van der Waals surface area contributed by atoms with Crippen LogP contribution in [0.2, 0.25) is 0 Å². The summed E-state index contributed by atoms with van der Waals surface area (Å²) in [6, 6.07) is 18.3. The maximum atomic E-state index is 11.6. The number of nitrogens with one attached hydrogen (secondary N) is 2. The first-order valence-corrected chi connectivity index (χ1v) is 11.1. The fourth-order valence-corrected chi connectivity index (χ4v) is 4.23. The van der Waals surface area contributed by atoms with Gasteiger partial charge in [0.05, 0.1) is 23.3 Å². The van der Waals surface area contributed by atoms with E-state index in [0.717, 1.165) is 48.2 Å². The van der Waals surface area contributed by atoms with Gasteiger partial charge >= 0.3 is 0 Å². The van der Waals surface area contributed by atoms with Crippen LogP contribution in [0.4, 0.5) is 5.82 Å². The first-order chi connectivity index (χ1) is 15.7. The van der Waals surface area contributed by atoms with Gasteiger partial charge in [0.1, 0.15) is 11.6 Å². The van der Waals surface area contributed by atoms with E-state index in [1.54, 1.807) is 0 Å². The van der Waals surface area contributed by atoms with Crippen molar-refractivity contribution in [3.63, 3.8) is 0 Å². The van der Waals surface area contributed by atoms with Crippen LogP contribution < -0.4 is 10.6 Å². The van der Waals surface area contributed by atoms with Gasteiger partial charge in [0, 0.05) is 19.0 Å². The number of para-hydroxylation sites is 2. The summed E-state index contributed by atoms with van der Waals surface area (Å²) in [5.41, 5.74) is 5.30. The van der Waals surface area contributed by atoms with Crippen molar-refractivity contribution < 1.29 is 4.79 Å². The molecule has 162 valence electrons. The van der Waals surface area contributed by atoms with Crippen LogP contribution in [0.25, 0.3) is 17.0 Å². The summed E-state index contributed by atoms with van der Waals surface area (Å²) in [7, 11) is 0. The van der Waals surface area contributed by atoms with E-state index in [-0.39, 0.29) is 5.91 Å². The van der Waals surface area contributed by atoms with Crippen molar-refractivity contribution in [2.24, 2.45) is 0 Å². The lowest BCUT2D eigenvalue weighted by Gasteiger charge is -2.21. The molecule has 0 atom stereocenters. The van der Waals surface area contributed by atoms with Crippen molar-refractivity contribution in [2.45, 2.75) is 45.7 Å². The van der Waals surface area contributed by atoms with Gasteiger partial charge in [-0.25, -0.2) is 9.97 Å². The van der Waals surface area contributed by atoms with E-state index in [1.807, 2.05) is 47.0 Å². The molecule has 0 fully saturated rings. The topological polar surface area (TPSA) is 84.7 Å². The van der Waals surface area contributed by atoms with Gasteiger partial charge in [0.2, 0.25) is 11.9 Å². The second kappa shape index (κ2) is 8.78. The van der Waals surface area contributed by atoms with Gasteiger partial charge in [-0.1, -0.05) is 42.5 Å². The normalized spacial score (nSPS) is 13.0. The average Bonchev–Trinajstić information content (AvgIpc) is 3.20. The van der Waals surface area contributed by atoms with Crippen LogP contribution in [0.1, 0.15) is 42.4 Å². The maximum Gasteiger partial charge on any atom is 0.237 e. The molecule has 4 aromatic rings. The van der Waals surface area contributed by atoms with E-state index in [0.29, 0.717) is 24.9 Å². The fourth-order valence-electron chi connectivity index (χ4n) is 4.23. The monoisotopic (exact) mass is 426 g/mol. The molecular weight excluding hydrogens is 400 g/mol. The molecule has 32 heavy (non-hydrogen) atoms. The lowest BCUT2D eigenvalue weighted by Crippen LogP contribution is -2.22. The number of hydrogen-bond donors (Lipinski definition) is 2. The Hall–Kier alpha value is -3.74. The zero-order valence-electron chi connectivity index (χ0n) is 18.1. The maximum absolute atomic E-state index is 11.6. The van der Waals surface area contributed by atoms with Crippen molar-refractivity contribution in [1.29, 1.82) is 0 Å². The van der Waals surface area contributed by atoms with Crippen LogP contribution in [0.3, 0.4) is 0 Å². The van der Waals surface area contributed by atoms with Gasteiger partial charge in [0.25, 0.3) is 0 Å². The van der Waals surface area contributed by atoms with Gasteiger partial charge < -0.3 is 10.6 Å². The number of carbonyl (C=O) groups excluding carboxylic acids is 1. The predicted molar refractivity (Wildman–Crippen MR) is 125 cm³/mol. The molecule has 0 saturated heterocycles. The molecule has 7 heteroatoms. The van der Waals surface area contributed by atoms with E-state index in [4.69, 9.17) is 15.0 Å². The van der Waals surface area contributed by atoms with E-state index >= 15 is 0 Å². The highest BCUT2D eigenvalue weighted by molar-refractivity contribution is 5.78. The summed E-state index contributed by atoms with van der Waals surface area (Å²) in [6.07, 6.45) is 4.21. The smallest absolute Gasteiger partial charge is 0.237 e. The van der Waals surface area contributed by atoms with Crippen molar-refractivity contribution in [3.05, 3.63) is 77.2 Å². The number of carbonyl (C=O) groups is 1. The first kappa shape index (κ1) is 20.2. The third-order valence-electron chi connectivity index (χ3n) is 5.80. The molecule has 0 saturated carbocycles. The Kier molecular flexibility index (Phi) is 5.54. The quantitative estimate of drug-likeness (QED) is 0.488. The number of nitrogens with zero attached hydrogens (tertiary/aromatic N) is 4. The molecule has 5 rings (SSSR count). The largest absolute Gasteiger partial charge is 0.366 e. The Labute approximate surface area is 186 Å². The van der Waals surface area contributed by atoms with E-state index in [9.17, 15) is 4.79 Å². The molecule has 2 aromatic heterocycles. The zero-order chi connectivity index (χ0) is 21.9. The SMILES string of the molecule is CC(=O)NCc1nc2ccccc2n1-c1nc2c(c(NCc3ccccc3)n1)CCCC2. The van der Waals surface area contributed by atoms with Gasteiger partial charge in [-0.15, -0.1) is 0 Å². The zero-order valence-corrected chi connectivity index (χ0v) is 18.1. The minimum Gasteiger partial charge on any atom is -0.366 e. The average molecular weight is 427 g/mol. The lowest BCUT2D eigenvalue weighted by molar-refractivity contribution is -0.119. The standard InChI is InChI=1S/C25H26N6O/c1-17(32)26-16-23-28-21-13-7-8-14-22(21)31(23)25-29-20-12-6-5-11-19(20)24(30-25)27-15-18-9-3-2-4-10-18/h2-4,7-10,13-14H,5-6,11-12,15-16H2,1H3,(H,26,32)(H,27,29,30). The fraction of sp³-hybridized carbons (Fsp3) is 0.280. The summed E-state index contributed by atoms with van der Waals surface area (Å²) in [4.78, 5) is 26.2. The number of fused-ring (bicyclic) bond motifs is 2. The van der Waals surface area contributed by atoms with E-state index in [1.165, 1.54) is 18.1 Å². The predicted octanol–water partition coefficient (Wildman–Crippen LogP) is 3.94. The van der Waals surface area contributed by atoms with Crippen LogP contribution in [0.15, 0.2) is 54.6 Å². The number of aryl methyl sites for hydroxylation is 1. The number of imidazole rings is 1. The second-order valence-electron chi connectivity index (χ2n) is 8.11. The number of rotatable bonds is 6. The van der Waals surface area contributed by atoms with Gasteiger partial charge in [-0.05, 0) is 43.4 Å². The number of benzene rings is 2. The summed E-state index contributed by atoms with van der Waals surface area (Å²) >= 11 is 0. The molecule has 2 N–H and O–H groups in total. The highest BCUT2D eigenvalue weighted by Crippen LogP contribution is 2.28. The summed E-state index contributed by atoms with van der Waals surface area (Å²) < 4.78 is 1.97. The first-order valence-electron chi connectivity index (χ1n) is 11.1. The van der Waals surface area contributed by atoms with Gasteiger partial charge in [-0.2, -0.15) is 4.98 Å². The lowest BCUT2D eigenvalue weighted by atomic mass is 9.96. The molecular formula is C25H26N6O. The van der Waals surface area contributed by atoms with Crippen molar-refractivity contribution >= 4 is 22.8 Å². The number of amides is 1. The Morgan fingerprint density at radius 3 is 2.56 bits per heavy atom. The van der Waals surface area contributed by atoms with Crippen LogP contribution in [-0.4, -0.2) is 25.4 Å². The minimum atomic E-state index is -0.0971. The second-order valence-corrected chi connectivity index (χ2v) is 8.11. The number of anilines is 1. The summed E-state index contributed by atoms with van der Waals surface area (Å²) in [6.45, 7) is 2.53. The molecule has 1 aliphatic carbocycles. The van der Waals surface area contributed by atoms with Crippen molar-refractivity contribution in [2.75, 3.05) is 5.32 Å². The molecule has 2 heterocycles. The molecule has 0 aliphatic heterocycles. The molecule has 2 aromatic carbocycles. The Morgan fingerprint density at radius 2 is 1.72 bits per heavy atom. The van der Waals surface area contributed by atoms with Crippen molar-refractivity contribution in [3.8, 4) is 5.95 Å². The Morgan fingerprint density at radius 1 is 0.938 bits per heavy atom. The van der Waals surface area contributed by atoms with Gasteiger partial charge in [-0.3, -0.25) is 9.36 Å². The van der Waals surface area contributed by atoms with Gasteiger partial charge in [0.15, 0.2) is 0 Å². The molecule has 0 spiro atoms. The molecule has 1 aliphatic rings. The Balaban J connectivity index is 1.59. The van der Waals surface area contributed by atoms with Crippen LogP contribution in [-0.2, 0) is 30.7 Å². The highest BCUT2D eigenvalue weighted by atomic mass is 16.1. The molecule has 0 bridgehead atoms. The molecule has 0 unspecified atom stereocenters. The third kappa shape index (κ3) is 4.06. The van der Waals surface area contributed by atoms with E-state index in [2.05, 4.69) is 22.8 Å². The number of hydrogen-bond acceptors (Lipinski definition) is 5. The van der Waals surface area contributed by atoms with Crippen molar-refractivity contribution in [1.82, 2.24) is 24.8 Å². The van der Waals surface area contributed by atoms with Crippen LogP contribution in [0.5, 0.6) is 0 Å². The Bertz CT molecular complexity index is 1260.